The molecule has 0 amide bonds. The van der Waals surface area contributed by atoms with Gasteiger partial charge < -0.3 is 14.5 Å². The number of ether oxygens (including phenoxy) is 1. The molecule has 1 aromatic carbocycles. The van der Waals surface area contributed by atoms with Gasteiger partial charge in [0.15, 0.2) is 5.82 Å². The van der Waals surface area contributed by atoms with Crippen molar-refractivity contribution in [2.75, 3.05) is 38.1 Å². The average molecular weight is 415 g/mol. The molecule has 0 aliphatic carbocycles. The van der Waals surface area contributed by atoms with Crippen LogP contribution in [0.15, 0.2) is 36.4 Å². The number of piperazine rings is 1. The smallest absolute Gasteiger partial charge is 0.263 e. The fraction of sp³-hybridized carbons (Fsp3) is 0.400. The molecule has 10 heteroatoms. The van der Waals surface area contributed by atoms with E-state index in [4.69, 9.17) is 4.74 Å². The number of alkyl halides is 2. The Balaban J connectivity index is 1.43. The Morgan fingerprint density at radius 2 is 1.70 bits per heavy atom. The fourth-order valence-corrected chi connectivity index (χ4v) is 3.25. The summed E-state index contributed by atoms with van der Waals surface area (Å²) in [6, 6.07) is 9.63. The molecule has 8 nitrogen and oxygen atoms in total. The van der Waals surface area contributed by atoms with Crippen LogP contribution in [-0.2, 0) is 6.61 Å². The number of aromatic nitrogens is 5. The topological polar surface area (TPSA) is 72.2 Å². The standard InChI is InChI=1S/C20H23F2N7O/c1-14-17(29(26-23-14)16-5-3-15(4-6-16)20(21)22)13-30-19-8-7-18(24-25-19)28-11-9-27(2)10-12-28/h3-8,20H,9-13H2,1-2H3. The Morgan fingerprint density at radius 1 is 0.967 bits per heavy atom. The third-order valence-corrected chi connectivity index (χ3v) is 5.16. The largest absolute Gasteiger partial charge is 0.470 e. The molecule has 0 spiro atoms. The van der Waals surface area contributed by atoms with Crippen LogP contribution >= 0.6 is 0 Å². The lowest BCUT2D eigenvalue weighted by atomic mass is 10.2. The maximum atomic E-state index is 12.8. The van der Waals surface area contributed by atoms with E-state index in [1.807, 2.05) is 13.0 Å². The van der Waals surface area contributed by atoms with Crippen LogP contribution < -0.4 is 9.64 Å². The number of rotatable bonds is 6. The van der Waals surface area contributed by atoms with Gasteiger partial charge in [0.2, 0.25) is 5.88 Å². The monoisotopic (exact) mass is 415 g/mol. The summed E-state index contributed by atoms with van der Waals surface area (Å²) in [4.78, 5) is 4.48. The molecule has 158 valence electrons. The third-order valence-electron chi connectivity index (χ3n) is 5.16. The zero-order valence-electron chi connectivity index (χ0n) is 16.9. The number of aryl methyl sites for hydroxylation is 1. The third kappa shape index (κ3) is 4.38. The van der Waals surface area contributed by atoms with Crippen molar-refractivity contribution in [1.29, 1.82) is 0 Å². The Bertz CT molecular complexity index is 968. The van der Waals surface area contributed by atoms with Gasteiger partial charge in [0.25, 0.3) is 6.43 Å². The summed E-state index contributed by atoms with van der Waals surface area (Å²) >= 11 is 0. The van der Waals surface area contributed by atoms with Gasteiger partial charge in [-0.05, 0) is 32.2 Å². The van der Waals surface area contributed by atoms with Gasteiger partial charge in [-0.25, -0.2) is 13.5 Å². The summed E-state index contributed by atoms with van der Waals surface area (Å²) < 4.78 is 32.9. The lowest BCUT2D eigenvalue weighted by Gasteiger charge is -2.32. The zero-order chi connectivity index (χ0) is 21.1. The van der Waals surface area contributed by atoms with Gasteiger partial charge in [0.1, 0.15) is 12.3 Å². The first-order chi connectivity index (χ1) is 14.5. The molecule has 0 saturated carbocycles. The van der Waals surface area contributed by atoms with Crippen molar-refractivity contribution in [3.8, 4) is 11.6 Å². The van der Waals surface area contributed by atoms with Gasteiger partial charge in [-0.1, -0.05) is 17.3 Å². The molecule has 1 fully saturated rings. The molecule has 3 aromatic rings. The Labute approximate surface area is 173 Å². The molecular weight excluding hydrogens is 392 g/mol. The van der Waals surface area contributed by atoms with Crippen LogP contribution in [0.1, 0.15) is 23.4 Å². The van der Waals surface area contributed by atoms with Gasteiger partial charge in [-0.15, -0.1) is 15.3 Å². The van der Waals surface area contributed by atoms with Gasteiger partial charge in [0.05, 0.1) is 11.4 Å². The number of hydrogen-bond donors (Lipinski definition) is 0. The van der Waals surface area contributed by atoms with Crippen LogP contribution in [-0.4, -0.2) is 63.3 Å². The van der Waals surface area contributed by atoms with E-state index in [1.54, 1.807) is 22.9 Å². The minimum Gasteiger partial charge on any atom is -0.470 e. The molecule has 1 aliphatic rings. The van der Waals surface area contributed by atoms with E-state index in [0.717, 1.165) is 32.0 Å². The first kappa shape index (κ1) is 20.1. The summed E-state index contributed by atoms with van der Waals surface area (Å²) in [6.07, 6.45) is -2.51. The van der Waals surface area contributed by atoms with Gasteiger partial charge in [0, 0.05) is 37.8 Å². The van der Waals surface area contributed by atoms with E-state index >= 15 is 0 Å². The Morgan fingerprint density at radius 3 is 2.33 bits per heavy atom. The highest BCUT2D eigenvalue weighted by atomic mass is 19.3. The highest BCUT2D eigenvalue weighted by molar-refractivity contribution is 5.39. The summed E-state index contributed by atoms with van der Waals surface area (Å²) in [5, 5.41) is 16.6. The highest BCUT2D eigenvalue weighted by Gasteiger charge is 2.17. The molecule has 1 saturated heterocycles. The Kier molecular flexibility index (Phi) is 5.84. The molecule has 1 aliphatic heterocycles. The number of hydrogen-bond acceptors (Lipinski definition) is 7. The second-order valence-electron chi connectivity index (χ2n) is 7.23. The number of benzene rings is 1. The van der Waals surface area contributed by atoms with Gasteiger partial charge in [-0.3, -0.25) is 0 Å². The summed E-state index contributed by atoms with van der Waals surface area (Å²) in [6.45, 7) is 5.82. The number of halogens is 2. The van der Waals surface area contributed by atoms with Crippen LogP contribution in [0.2, 0.25) is 0 Å². The minimum absolute atomic E-state index is 0.0379. The maximum absolute atomic E-state index is 12.8. The van der Waals surface area contributed by atoms with Crippen LogP contribution in [0, 0.1) is 6.92 Å². The summed E-state index contributed by atoms with van der Waals surface area (Å²) in [5.41, 5.74) is 2.00. The van der Waals surface area contributed by atoms with E-state index in [-0.39, 0.29) is 12.2 Å². The Hall–Kier alpha value is -3.14. The second-order valence-corrected chi connectivity index (χ2v) is 7.23. The quantitative estimate of drug-likeness (QED) is 0.613. The first-order valence-corrected chi connectivity index (χ1v) is 9.71. The van der Waals surface area contributed by atoms with Crippen molar-refractivity contribution < 1.29 is 13.5 Å². The second kappa shape index (κ2) is 8.70. The van der Waals surface area contributed by atoms with Crippen molar-refractivity contribution in [1.82, 2.24) is 30.1 Å². The lowest BCUT2D eigenvalue weighted by Crippen LogP contribution is -2.44. The van der Waals surface area contributed by atoms with E-state index in [0.29, 0.717) is 23.0 Å². The van der Waals surface area contributed by atoms with E-state index < -0.39 is 6.43 Å². The van der Waals surface area contributed by atoms with Crippen LogP contribution in [0.5, 0.6) is 5.88 Å². The van der Waals surface area contributed by atoms with Crippen molar-refractivity contribution in [3.05, 3.63) is 53.3 Å². The zero-order valence-corrected chi connectivity index (χ0v) is 16.9. The van der Waals surface area contributed by atoms with E-state index in [9.17, 15) is 8.78 Å². The molecule has 3 heterocycles. The van der Waals surface area contributed by atoms with Crippen molar-refractivity contribution in [3.63, 3.8) is 0 Å². The van der Waals surface area contributed by atoms with Gasteiger partial charge in [-0.2, -0.15) is 0 Å². The highest BCUT2D eigenvalue weighted by Crippen LogP contribution is 2.22. The van der Waals surface area contributed by atoms with E-state index in [2.05, 4.69) is 37.4 Å². The van der Waals surface area contributed by atoms with Gasteiger partial charge >= 0.3 is 0 Å². The fourth-order valence-electron chi connectivity index (χ4n) is 3.25. The molecule has 0 atom stereocenters. The predicted molar refractivity (Wildman–Crippen MR) is 107 cm³/mol. The normalized spacial score (nSPS) is 15.0. The predicted octanol–water partition coefficient (Wildman–Crippen LogP) is 2.63. The maximum Gasteiger partial charge on any atom is 0.263 e. The molecule has 2 aromatic heterocycles. The SMILES string of the molecule is Cc1nnn(-c2ccc(C(F)F)cc2)c1COc1ccc(N2CCN(C)CC2)nn1. The van der Waals surface area contributed by atoms with E-state index in [1.165, 1.54) is 12.1 Å². The summed E-state index contributed by atoms with van der Waals surface area (Å²) in [5.74, 6) is 1.23. The molecule has 0 radical (unpaired) electrons. The number of likely N-dealkylation sites (N-methyl/N-ethyl adjacent to an activating group) is 1. The van der Waals surface area contributed by atoms with Crippen molar-refractivity contribution >= 4 is 5.82 Å². The summed E-state index contributed by atoms with van der Waals surface area (Å²) in [7, 11) is 2.11. The van der Waals surface area contributed by atoms with Crippen molar-refractivity contribution in [2.45, 2.75) is 20.0 Å². The van der Waals surface area contributed by atoms with Crippen molar-refractivity contribution in [2.24, 2.45) is 0 Å². The molecule has 4 rings (SSSR count). The average Bonchev–Trinajstić information content (AvgIpc) is 3.13. The number of anilines is 1. The minimum atomic E-state index is -2.51. The molecule has 30 heavy (non-hydrogen) atoms. The number of nitrogens with zero attached hydrogens (tertiary/aromatic N) is 7. The van der Waals surface area contributed by atoms with Crippen LogP contribution in [0.25, 0.3) is 5.69 Å². The lowest BCUT2D eigenvalue weighted by molar-refractivity contribution is 0.151. The molecular formula is C20H23F2N7O. The first-order valence-electron chi connectivity index (χ1n) is 9.71. The van der Waals surface area contributed by atoms with Crippen LogP contribution in [0.4, 0.5) is 14.6 Å². The molecule has 0 unspecified atom stereocenters. The molecule has 0 N–H and O–H groups in total. The van der Waals surface area contributed by atoms with Crippen LogP contribution in [0.3, 0.4) is 0 Å². The molecule has 0 bridgehead atoms.